The summed E-state index contributed by atoms with van der Waals surface area (Å²) in [6.45, 7) is 6.12. The van der Waals surface area contributed by atoms with E-state index in [-0.39, 0.29) is 30.9 Å². The fraction of sp³-hybridized carbons (Fsp3) is 0.640. The molecule has 1 saturated heterocycles. The highest BCUT2D eigenvalue weighted by Crippen LogP contribution is 2.30. The van der Waals surface area contributed by atoms with Crippen molar-refractivity contribution in [1.82, 2.24) is 14.6 Å². The number of allylic oxidation sites excluding steroid dienone is 2. The standard InChI is InChI=1S/C25H39N5O5S/c1-17(2)24(26)29-35-36-30-11-9-18(10-12-30)16-34-22-7-8-23(27-14-22)19-3-5-20(6-4-19)25(33)28-13-21(32)15-31/h3,7-8,14,17-18,20-21,31-32H,4-6,9-13,15-16H2,1-2H3,(H2,26,29)(H,28,33)/t20?,21-/m0/s1. The van der Waals surface area contributed by atoms with Gasteiger partial charge in [0.25, 0.3) is 0 Å². The lowest BCUT2D eigenvalue weighted by Crippen LogP contribution is -2.38. The van der Waals surface area contributed by atoms with Crippen molar-refractivity contribution in [3.05, 3.63) is 30.1 Å². The van der Waals surface area contributed by atoms with E-state index in [0.717, 1.165) is 55.8 Å². The van der Waals surface area contributed by atoms with Gasteiger partial charge >= 0.3 is 0 Å². The van der Waals surface area contributed by atoms with Gasteiger partial charge in [-0.3, -0.25) is 9.78 Å². The second-order valence-corrected chi connectivity index (χ2v) is 10.5. The molecule has 10 nitrogen and oxygen atoms in total. The summed E-state index contributed by atoms with van der Waals surface area (Å²) >= 11 is 1.25. The number of amidine groups is 1. The van der Waals surface area contributed by atoms with Crippen LogP contribution in [0.1, 0.15) is 51.6 Å². The first-order valence-corrected chi connectivity index (χ1v) is 13.3. The molecule has 1 aromatic heterocycles. The van der Waals surface area contributed by atoms with Gasteiger partial charge in [-0.1, -0.05) is 25.1 Å². The zero-order valence-electron chi connectivity index (χ0n) is 21.1. The summed E-state index contributed by atoms with van der Waals surface area (Å²) in [6, 6.07) is 3.92. The van der Waals surface area contributed by atoms with E-state index in [0.29, 0.717) is 24.8 Å². The van der Waals surface area contributed by atoms with Crippen LogP contribution in [0.2, 0.25) is 0 Å². The first-order valence-electron chi connectivity index (χ1n) is 12.6. The third kappa shape index (κ3) is 8.95. The Morgan fingerprint density at radius 2 is 2.11 bits per heavy atom. The summed E-state index contributed by atoms with van der Waals surface area (Å²) in [5.41, 5.74) is 7.82. The molecule has 1 aliphatic carbocycles. The largest absolute Gasteiger partial charge is 0.492 e. The lowest BCUT2D eigenvalue weighted by atomic mass is 9.87. The molecule has 0 radical (unpaired) electrons. The number of pyridine rings is 1. The number of rotatable bonds is 12. The quantitative estimate of drug-likeness (QED) is 0.107. The molecular formula is C25H39N5O5S. The molecular weight excluding hydrogens is 482 g/mol. The number of nitrogens with zero attached hydrogens (tertiary/aromatic N) is 3. The highest BCUT2D eigenvalue weighted by molar-refractivity contribution is 7.92. The first-order chi connectivity index (χ1) is 17.4. The molecule has 1 aromatic rings. The van der Waals surface area contributed by atoms with Gasteiger partial charge < -0.3 is 30.3 Å². The summed E-state index contributed by atoms with van der Waals surface area (Å²) in [5, 5.41) is 24.9. The Bertz CT molecular complexity index is 887. The van der Waals surface area contributed by atoms with Crippen molar-refractivity contribution < 1.29 is 24.0 Å². The van der Waals surface area contributed by atoms with Crippen LogP contribution in [0.4, 0.5) is 0 Å². The second-order valence-electron chi connectivity index (χ2n) is 9.66. The van der Waals surface area contributed by atoms with Gasteiger partial charge in [0, 0.05) is 31.5 Å². The number of nitrogens with two attached hydrogens (primary N) is 1. The predicted molar refractivity (Wildman–Crippen MR) is 141 cm³/mol. The molecule has 2 atom stereocenters. The lowest BCUT2D eigenvalue weighted by Gasteiger charge is -2.29. The number of aliphatic hydroxyl groups excluding tert-OH is 2. The summed E-state index contributed by atoms with van der Waals surface area (Å²) in [4.78, 5) is 16.8. The van der Waals surface area contributed by atoms with E-state index in [1.165, 1.54) is 12.2 Å². The molecule has 0 spiro atoms. The number of hydrogen-bond acceptors (Lipinski definition) is 9. The average molecular weight is 522 g/mol. The second kappa shape index (κ2) is 14.4. The number of hydrogen-bond donors (Lipinski definition) is 4. The van der Waals surface area contributed by atoms with Crippen LogP contribution in [-0.2, 0) is 9.08 Å². The van der Waals surface area contributed by atoms with Gasteiger partial charge in [0.1, 0.15) is 11.6 Å². The number of carbonyl (C=O) groups is 1. The smallest absolute Gasteiger partial charge is 0.223 e. The van der Waals surface area contributed by atoms with Crippen LogP contribution in [0.25, 0.3) is 5.57 Å². The summed E-state index contributed by atoms with van der Waals surface area (Å²) in [6.07, 6.45) is 7.08. The minimum absolute atomic E-state index is 0.0704. The van der Waals surface area contributed by atoms with Crippen LogP contribution in [0.15, 0.2) is 29.6 Å². The minimum atomic E-state index is -0.921. The van der Waals surface area contributed by atoms with Gasteiger partial charge in [0.15, 0.2) is 12.2 Å². The van der Waals surface area contributed by atoms with Crippen LogP contribution in [-0.4, -0.2) is 70.2 Å². The fourth-order valence-electron chi connectivity index (χ4n) is 3.96. The molecule has 5 N–H and O–H groups in total. The molecule has 2 heterocycles. The van der Waals surface area contributed by atoms with Crippen LogP contribution in [0.5, 0.6) is 5.75 Å². The molecule has 1 fully saturated rings. The highest BCUT2D eigenvalue weighted by Gasteiger charge is 2.23. The number of aromatic nitrogens is 1. The SMILES string of the molecule is CC(C)/C(N)=N/OSN1CCC(COc2ccc(C3=CCC(C(=O)NC[C@H](O)CO)CC3)nc2)CC1. The summed E-state index contributed by atoms with van der Waals surface area (Å²) in [5.74, 6) is 1.69. The first kappa shape index (κ1) is 28.2. The molecule has 36 heavy (non-hydrogen) atoms. The van der Waals surface area contributed by atoms with E-state index >= 15 is 0 Å². The zero-order chi connectivity index (χ0) is 25.9. The van der Waals surface area contributed by atoms with Crippen molar-refractivity contribution >= 4 is 29.5 Å². The van der Waals surface area contributed by atoms with Gasteiger partial charge in [-0.25, -0.2) is 4.31 Å². The molecule has 0 saturated carbocycles. The number of ether oxygens (including phenoxy) is 1. The molecule has 0 bridgehead atoms. The molecule has 1 aliphatic heterocycles. The van der Waals surface area contributed by atoms with Gasteiger partial charge in [-0.2, -0.15) is 0 Å². The number of amides is 1. The van der Waals surface area contributed by atoms with Crippen molar-refractivity contribution in [2.75, 3.05) is 32.8 Å². The topological polar surface area (TPSA) is 143 Å². The van der Waals surface area contributed by atoms with E-state index in [2.05, 4.69) is 25.8 Å². The molecule has 1 unspecified atom stereocenters. The molecule has 1 amide bonds. The number of nitrogens with one attached hydrogen (secondary N) is 1. The van der Waals surface area contributed by atoms with Crippen molar-refractivity contribution in [2.24, 2.45) is 28.6 Å². The summed E-state index contributed by atoms with van der Waals surface area (Å²) in [7, 11) is 0. The van der Waals surface area contributed by atoms with Gasteiger partial charge in [0.05, 0.1) is 31.2 Å². The van der Waals surface area contributed by atoms with Gasteiger partial charge in [0.2, 0.25) is 5.91 Å². The maximum Gasteiger partial charge on any atom is 0.223 e. The van der Waals surface area contributed by atoms with Crippen LogP contribution < -0.4 is 15.8 Å². The van der Waals surface area contributed by atoms with E-state index in [1.807, 2.05) is 26.0 Å². The number of carbonyl (C=O) groups excluding carboxylic acids is 1. The Morgan fingerprint density at radius 3 is 2.72 bits per heavy atom. The maximum atomic E-state index is 12.2. The van der Waals surface area contributed by atoms with Crippen LogP contribution in [0, 0.1) is 17.8 Å². The monoisotopic (exact) mass is 521 g/mol. The Hall–Kier alpha value is -2.34. The van der Waals surface area contributed by atoms with E-state index in [1.54, 1.807) is 6.20 Å². The third-order valence-corrected chi connectivity index (χ3v) is 7.22. The summed E-state index contributed by atoms with van der Waals surface area (Å²) < 4.78 is 13.4. The Kier molecular flexibility index (Phi) is 11.3. The highest BCUT2D eigenvalue weighted by atomic mass is 32.2. The van der Waals surface area contributed by atoms with Crippen LogP contribution in [0.3, 0.4) is 0 Å². The van der Waals surface area contributed by atoms with Crippen molar-refractivity contribution in [3.8, 4) is 5.75 Å². The fourth-order valence-corrected chi connectivity index (χ4v) is 4.54. The molecule has 200 valence electrons. The van der Waals surface area contributed by atoms with E-state index in [9.17, 15) is 9.90 Å². The predicted octanol–water partition coefficient (Wildman–Crippen LogP) is 2.33. The lowest BCUT2D eigenvalue weighted by molar-refractivity contribution is -0.125. The molecule has 0 aromatic carbocycles. The van der Waals surface area contributed by atoms with Crippen LogP contribution >= 0.6 is 12.2 Å². The number of piperidine rings is 1. The Morgan fingerprint density at radius 1 is 1.33 bits per heavy atom. The Balaban J connectivity index is 1.36. The van der Waals surface area contributed by atoms with Gasteiger partial charge in [-0.15, -0.1) is 0 Å². The molecule has 11 heteroatoms. The molecule has 3 rings (SSSR count). The van der Waals surface area contributed by atoms with Crippen molar-refractivity contribution in [2.45, 2.75) is 52.1 Å². The molecule has 2 aliphatic rings. The average Bonchev–Trinajstić information content (AvgIpc) is 2.91. The number of oxime groups is 1. The maximum absolute atomic E-state index is 12.2. The zero-order valence-corrected chi connectivity index (χ0v) is 22.0. The minimum Gasteiger partial charge on any atom is -0.492 e. The van der Waals surface area contributed by atoms with Crippen molar-refractivity contribution in [1.29, 1.82) is 0 Å². The third-order valence-electron chi connectivity index (χ3n) is 6.50. The van der Waals surface area contributed by atoms with E-state index < -0.39 is 6.10 Å². The van der Waals surface area contributed by atoms with Crippen molar-refractivity contribution in [3.63, 3.8) is 0 Å². The van der Waals surface area contributed by atoms with Gasteiger partial charge in [-0.05, 0) is 55.7 Å². The Labute approximate surface area is 217 Å². The number of aliphatic hydroxyl groups is 2. The normalized spacial score (nSPS) is 20.6. The van der Waals surface area contributed by atoms with E-state index in [4.69, 9.17) is 19.9 Å².